The van der Waals surface area contributed by atoms with Gasteiger partial charge in [0.05, 0.1) is 0 Å². The summed E-state index contributed by atoms with van der Waals surface area (Å²) in [7, 11) is 0. The first kappa shape index (κ1) is 17.9. The molecule has 1 rings (SSSR count). The van der Waals surface area contributed by atoms with E-state index < -0.39 is 22.7 Å². The van der Waals surface area contributed by atoms with Crippen molar-refractivity contribution in [1.82, 2.24) is 9.97 Å². The van der Waals surface area contributed by atoms with Gasteiger partial charge in [-0.2, -0.15) is 0 Å². The van der Waals surface area contributed by atoms with E-state index in [0.29, 0.717) is 0 Å². The zero-order chi connectivity index (χ0) is 17.3. The molecule has 6 heteroatoms. The van der Waals surface area contributed by atoms with Gasteiger partial charge in [0, 0.05) is 17.0 Å². The lowest BCUT2D eigenvalue weighted by molar-refractivity contribution is -0.138. The zero-order valence-corrected chi connectivity index (χ0v) is 13.8. The molecule has 0 unspecified atom stereocenters. The Morgan fingerprint density at radius 1 is 1.00 bits per heavy atom. The van der Waals surface area contributed by atoms with Crippen molar-refractivity contribution in [2.75, 3.05) is 0 Å². The SMILES string of the molecule is CC(C)(C)C(=O)C(C(=O)C(C)(C)C)c1nccc(C(=O)O)n1. The molecule has 0 aromatic carbocycles. The largest absolute Gasteiger partial charge is 0.477 e. The highest BCUT2D eigenvalue weighted by molar-refractivity contribution is 6.10. The third-order valence-electron chi connectivity index (χ3n) is 3.15. The normalized spacial score (nSPS) is 12.3. The highest BCUT2D eigenvalue weighted by Crippen LogP contribution is 2.32. The van der Waals surface area contributed by atoms with E-state index in [-0.39, 0.29) is 23.1 Å². The van der Waals surface area contributed by atoms with Crippen LogP contribution in [0.1, 0.15) is 63.8 Å². The van der Waals surface area contributed by atoms with Crippen LogP contribution >= 0.6 is 0 Å². The zero-order valence-electron chi connectivity index (χ0n) is 13.8. The third kappa shape index (κ3) is 3.96. The number of hydrogen-bond acceptors (Lipinski definition) is 5. The van der Waals surface area contributed by atoms with Gasteiger partial charge in [-0.15, -0.1) is 0 Å². The molecule has 0 bridgehead atoms. The minimum atomic E-state index is -1.23. The molecule has 22 heavy (non-hydrogen) atoms. The molecule has 0 aliphatic rings. The van der Waals surface area contributed by atoms with Crippen LogP contribution in [-0.4, -0.2) is 32.6 Å². The van der Waals surface area contributed by atoms with Crippen LogP contribution in [0.25, 0.3) is 0 Å². The molecule has 0 aliphatic heterocycles. The van der Waals surface area contributed by atoms with Crippen LogP contribution in [-0.2, 0) is 9.59 Å². The number of carbonyl (C=O) groups excluding carboxylic acids is 2. The van der Waals surface area contributed by atoms with E-state index in [1.807, 2.05) is 0 Å². The van der Waals surface area contributed by atoms with E-state index >= 15 is 0 Å². The van der Waals surface area contributed by atoms with Crippen molar-refractivity contribution in [2.24, 2.45) is 10.8 Å². The molecule has 6 nitrogen and oxygen atoms in total. The second-order valence-electron chi connectivity index (χ2n) is 7.27. The van der Waals surface area contributed by atoms with Gasteiger partial charge < -0.3 is 5.11 Å². The molecule has 0 radical (unpaired) electrons. The summed E-state index contributed by atoms with van der Waals surface area (Å²) < 4.78 is 0. The maximum atomic E-state index is 12.7. The minimum absolute atomic E-state index is 0.0558. The molecule has 0 aliphatic carbocycles. The quantitative estimate of drug-likeness (QED) is 0.858. The van der Waals surface area contributed by atoms with Crippen LogP contribution in [0.4, 0.5) is 0 Å². The van der Waals surface area contributed by atoms with Crippen LogP contribution in [0.3, 0.4) is 0 Å². The number of nitrogens with zero attached hydrogens (tertiary/aromatic N) is 2. The fourth-order valence-corrected chi connectivity index (χ4v) is 1.85. The van der Waals surface area contributed by atoms with E-state index in [0.717, 1.165) is 0 Å². The Balaban J connectivity index is 3.45. The topological polar surface area (TPSA) is 97.2 Å². The van der Waals surface area contributed by atoms with Gasteiger partial charge in [-0.3, -0.25) is 9.59 Å². The standard InChI is InChI=1S/C16H22N2O4/c1-15(2,3)11(19)10(12(20)16(4,5)6)13-17-8-7-9(18-13)14(21)22/h7-8,10H,1-6H3,(H,21,22). The van der Waals surface area contributed by atoms with Crippen LogP contribution in [0, 0.1) is 10.8 Å². The van der Waals surface area contributed by atoms with Crippen LogP contribution in [0.2, 0.25) is 0 Å². The van der Waals surface area contributed by atoms with E-state index in [1.54, 1.807) is 41.5 Å². The molecule has 0 saturated heterocycles. The highest BCUT2D eigenvalue weighted by atomic mass is 16.4. The molecule has 0 atom stereocenters. The van der Waals surface area contributed by atoms with Crippen molar-refractivity contribution in [2.45, 2.75) is 47.5 Å². The van der Waals surface area contributed by atoms with E-state index in [2.05, 4.69) is 9.97 Å². The Morgan fingerprint density at radius 3 is 1.82 bits per heavy atom. The third-order valence-corrected chi connectivity index (χ3v) is 3.15. The Hall–Kier alpha value is -2.11. The highest BCUT2D eigenvalue weighted by Gasteiger charge is 2.42. The summed E-state index contributed by atoms with van der Waals surface area (Å²) in [5, 5.41) is 9.03. The second-order valence-corrected chi connectivity index (χ2v) is 7.27. The van der Waals surface area contributed by atoms with Crippen LogP contribution in [0.5, 0.6) is 0 Å². The molecule has 1 aromatic rings. The van der Waals surface area contributed by atoms with Gasteiger partial charge in [0.1, 0.15) is 11.7 Å². The smallest absolute Gasteiger partial charge is 0.354 e. The summed E-state index contributed by atoms with van der Waals surface area (Å²) in [5.74, 6) is -3.10. The predicted molar refractivity (Wildman–Crippen MR) is 80.7 cm³/mol. The number of carboxylic acid groups (broad SMARTS) is 1. The monoisotopic (exact) mass is 306 g/mol. The van der Waals surface area contributed by atoms with Gasteiger partial charge in [0.15, 0.2) is 17.3 Å². The van der Waals surface area contributed by atoms with Crippen molar-refractivity contribution < 1.29 is 19.5 Å². The Bertz CT molecular complexity index is 583. The number of rotatable bonds is 4. The molecule has 0 saturated carbocycles. The van der Waals surface area contributed by atoms with Crippen molar-refractivity contribution >= 4 is 17.5 Å². The average Bonchev–Trinajstić information content (AvgIpc) is 2.37. The average molecular weight is 306 g/mol. The van der Waals surface area contributed by atoms with Crippen molar-refractivity contribution in [3.8, 4) is 0 Å². The molecule has 120 valence electrons. The molecule has 1 N–H and O–H groups in total. The number of carbonyl (C=O) groups is 3. The number of carboxylic acids is 1. The van der Waals surface area contributed by atoms with E-state index in [1.165, 1.54) is 12.3 Å². The predicted octanol–water partition coefficient (Wildman–Crippen LogP) is 2.49. The summed E-state index contributed by atoms with van der Waals surface area (Å²) in [5.41, 5.74) is -1.78. The van der Waals surface area contributed by atoms with Gasteiger partial charge in [0.2, 0.25) is 0 Å². The molecular weight excluding hydrogens is 284 g/mol. The minimum Gasteiger partial charge on any atom is -0.477 e. The van der Waals surface area contributed by atoms with Gasteiger partial charge >= 0.3 is 5.97 Å². The summed E-state index contributed by atoms with van der Waals surface area (Å²) in [6.07, 6.45) is 1.25. The van der Waals surface area contributed by atoms with Crippen molar-refractivity contribution in [3.63, 3.8) is 0 Å². The molecule has 0 fully saturated rings. The van der Waals surface area contributed by atoms with Crippen molar-refractivity contribution in [3.05, 3.63) is 23.8 Å². The number of ketones is 2. The molecule has 0 spiro atoms. The molecular formula is C16H22N2O4. The van der Waals surface area contributed by atoms with Crippen LogP contribution in [0.15, 0.2) is 12.3 Å². The van der Waals surface area contributed by atoms with Crippen molar-refractivity contribution in [1.29, 1.82) is 0 Å². The maximum absolute atomic E-state index is 12.7. The molecule has 0 amide bonds. The first-order chi connectivity index (χ1) is 9.85. The second kappa shape index (κ2) is 5.94. The van der Waals surface area contributed by atoms with E-state index in [4.69, 9.17) is 5.11 Å². The van der Waals surface area contributed by atoms with Gasteiger partial charge in [-0.1, -0.05) is 41.5 Å². The molecule has 1 aromatic heterocycles. The number of Topliss-reactive ketones (excluding diaryl/α,β-unsaturated/α-hetero) is 2. The summed E-state index contributed by atoms with van der Waals surface area (Å²) in [6.45, 7) is 10.2. The Labute approximate surface area is 130 Å². The summed E-state index contributed by atoms with van der Waals surface area (Å²) >= 11 is 0. The first-order valence-electron chi connectivity index (χ1n) is 7.00. The van der Waals surface area contributed by atoms with Gasteiger partial charge in [-0.25, -0.2) is 14.8 Å². The van der Waals surface area contributed by atoms with Gasteiger partial charge in [-0.05, 0) is 6.07 Å². The summed E-state index contributed by atoms with van der Waals surface area (Å²) in [4.78, 5) is 44.3. The number of hydrogen-bond donors (Lipinski definition) is 1. The lowest BCUT2D eigenvalue weighted by atomic mass is 9.74. The Kier molecular flexibility index (Phi) is 4.85. The lowest BCUT2D eigenvalue weighted by Crippen LogP contribution is -2.38. The Morgan fingerprint density at radius 2 is 1.45 bits per heavy atom. The number of aromatic carboxylic acids is 1. The maximum Gasteiger partial charge on any atom is 0.354 e. The number of aromatic nitrogens is 2. The summed E-state index contributed by atoms with van der Waals surface area (Å²) in [6, 6.07) is 1.23. The van der Waals surface area contributed by atoms with E-state index in [9.17, 15) is 14.4 Å². The molecule has 1 heterocycles. The first-order valence-corrected chi connectivity index (χ1v) is 7.00. The lowest BCUT2D eigenvalue weighted by Gasteiger charge is -2.27. The fourth-order valence-electron chi connectivity index (χ4n) is 1.85. The van der Waals surface area contributed by atoms with Gasteiger partial charge in [0.25, 0.3) is 0 Å². The van der Waals surface area contributed by atoms with Crippen LogP contribution < -0.4 is 0 Å². The fraction of sp³-hybridized carbons (Fsp3) is 0.562.